The highest BCUT2D eigenvalue weighted by atomic mass is 16.4. The van der Waals surface area contributed by atoms with Crippen LogP contribution in [0.25, 0.3) is 32.7 Å². The summed E-state index contributed by atoms with van der Waals surface area (Å²) in [6, 6.07) is 0.937. The summed E-state index contributed by atoms with van der Waals surface area (Å²) >= 11 is 0. The lowest BCUT2D eigenvalue weighted by atomic mass is 9.99. The normalized spacial score (nSPS) is 19.3. The molecule has 11 rings (SSSR count). The first-order valence-electron chi connectivity index (χ1n) is 47.3. The third-order valence-electron chi connectivity index (χ3n) is 25.7. The van der Waals surface area contributed by atoms with Crippen LogP contribution in [0.1, 0.15) is 135 Å². The molecule has 3 aromatic heterocycles. The molecule has 0 bridgehead atoms. The second kappa shape index (κ2) is 49.5. The van der Waals surface area contributed by atoms with Crippen LogP contribution in [0.5, 0.6) is 0 Å². The van der Waals surface area contributed by atoms with Crippen LogP contribution in [0.15, 0.2) is 91.4 Å². The fraction of sp³-hybridized carbons (Fsp3) is 0.543. The first kappa shape index (κ1) is 106. The van der Waals surface area contributed by atoms with Gasteiger partial charge in [-0.05, 0) is 138 Å². The number of rotatable bonds is 46. The van der Waals surface area contributed by atoms with Crippen molar-refractivity contribution in [1.29, 1.82) is 0 Å². The van der Waals surface area contributed by atoms with Gasteiger partial charge in [0.2, 0.25) is 106 Å². The second-order valence-electron chi connectivity index (χ2n) is 36.9. The van der Waals surface area contributed by atoms with E-state index in [2.05, 4.69) is 84.1 Å². The molecule has 0 spiro atoms. The number of carbonyl (C=O) groups excluding carboxylic acids is 18. The van der Waals surface area contributed by atoms with Gasteiger partial charge in [0.1, 0.15) is 97.2 Å². The van der Waals surface area contributed by atoms with E-state index >= 15 is 9.59 Å². The Hall–Kier alpha value is -14.0. The van der Waals surface area contributed by atoms with Crippen molar-refractivity contribution in [2.75, 3.05) is 78.7 Å². The largest absolute Gasteiger partial charge is 0.480 e. The number of carboxylic acid groups (broad SMARTS) is 1. The molecule has 5 fully saturated rings. The molecule has 46 nitrogen and oxygen atoms in total. The Morgan fingerprint density at radius 1 is 0.357 bits per heavy atom. The molecule has 23 N–H and O–H groups in total. The molecule has 5 aliphatic rings. The molecule has 0 aliphatic carbocycles. The number of hydrogen-bond donors (Lipinski definition) is 22. The highest BCUT2D eigenvalue weighted by molar-refractivity contribution is 6.03. The number of nitrogens with zero attached hydrogens (tertiary/aromatic N) is 5. The SMILES string of the molecule is CC(C)C[C@H](NC(=O)CNC(=O)[C@@H](N)CO)C(=O)N[C@@H](CO)C(=O)N1CCC[C@H]1C(=O)N[C@H](C(=O)N1CCC[C@H]1C(=O)N[C@@H](Cc1c[nH]c2ccccc12)C(=O)N1CCC[C@H]1C(=O)N1CCC[C@H]1C(=O)N1CCC[C@H]1C(=O)NCC(=O)NCC(=O)N[C@@H](C)C(=O)N[C@@H](CO)C(=O)N[C@@H](Cc1c[nH]c2ccccc12)C(=O)N[C@@H](Cc1c[nH]c2ccccc12)C(=O)N[C@@H](CC(C)C)C(=O)NCC(=O)O)[C@@H](C)O. The van der Waals surface area contributed by atoms with Crippen molar-refractivity contribution >= 4 is 145 Å². The number of fused-ring (bicyclic) bond motifs is 3. The lowest BCUT2D eigenvalue weighted by Gasteiger charge is -2.35. The number of carboxylic acids is 1. The minimum absolute atomic E-state index is 0.0308. The zero-order valence-electron chi connectivity index (χ0n) is 79.0. The third kappa shape index (κ3) is 27.3. The van der Waals surface area contributed by atoms with Crippen LogP contribution in [0, 0.1) is 11.8 Å². The number of nitrogens with one attached hydrogen (secondary N) is 16. The lowest BCUT2D eigenvalue weighted by molar-refractivity contribution is -0.151. The predicted octanol–water partition coefficient (Wildman–Crippen LogP) is -5.18. The highest BCUT2D eigenvalue weighted by Gasteiger charge is 2.50. The van der Waals surface area contributed by atoms with Crippen molar-refractivity contribution in [2.24, 2.45) is 17.6 Å². The third-order valence-corrected chi connectivity index (χ3v) is 25.7. The predicted molar refractivity (Wildman–Crippen MR) is 502 cm³/mol. The fourth-order valence-electron chi connectivity index (χ4n) is 18.5. The quantitative estimate of drug-likeness (QED) is 0.0170. The van der Waals surface area contributed by atoms with Gasteiger partial charge in [0.25, 0.3) is 0 Å². The number of aliphatic carboxylic acids is 1. The van der Waals surface area contributed by atoms with Gasteiger partial charge in [-0.3, -0.25) is 91.1 Å². The lowest BCUT2D eigenvalue weighted by Crippen LogP contribution is -2.62. The van der Waals surface area contributed by atoms with Crippen LogP contribution in [0.3, 0.4) is 0 Å². The molecule has 3 aromatic carbocycles. The smallest absolute Gasteiger partial charge is 0.322 e. The number of aliphatic hydroxyl groups excluding tert-OH is 4. The zero-order valence-corrected chi connectivity index (χ0v) is 79.0. The van der Waals surface area contributed by atoms with Gasteiger partial charge in [-0.15, -0.1) is 0 Å². The van der Waals surface area contributed by atoms with Crippen molar-refractivity contribution in [3.05, 3.63) is 108 Å². The first-order valence-corrected chi connectivity index (χ1v) is 47.3. The van der Waals surface area contributed by atoms with Gasteiger partial charge in [0, 0.05) is 103 Å². The Morgan fingerprint density at radius 2 is 0.721 bits per heavy atom. The maximum atomic E-state index is 15.4. The number of H-pyrrole nitrogens is 3. The molecule has 0 saturated carbocycles. The van der Waals surface area contributed by atoms with Crippen molar-refractivity contribution in [3.63, 3.8) is 0 Å². The number of aliphatic hydroxyl groups is 4. The van der Waals surface area contributed by atoms with Gasteiger partial charge in [-0.1, -0.05) is 82.3 Å². The summed E-state index contributed by atoms with van der Waals surface area (Å²) in [7, 11) is 0. The molecule has 46 heteroatoms. The van der Waals surface area contributed by atoms with Gasteiger partial charge >= 0.3 is 5.97 Å². The van der Waals surface area contributed by atoms with Gasteiger partial charge in [0.05, 0.1) is 45.6 Å². The van der Waals surface area contributed by atoms with Crippen molar-refractivity contribution in [1.82, 2.24) is 109 Å². The van der Waals surface area contributed by atoms with E-state index in [9.17, 15) is 107 Å². The van der Waals surface area contributed by atoms with Gasteiger partial charge in [0.15, 0.2) is 0 Å². The maximum Gasteiger partial charge on any atom is 0.322 e. The van der Waals surface area contributed by atoms with Crippen LogP contribution in [0.4, 0.5) is 0 Å². The van der Waals surface area contributed by atoms with Gasteiger partial charge in [-0.25, -0.2) is 0 Å². The Labute approximate surface area is 805 Å². The summed E-state index contributed by atoms with van der Waals surface area (Å²) in [6.07, 6.45) is 5.28. The van der Waals surface area contributed by atoms with Crippen LogP contribution in [-0.4, -0.2) is 353 Å². The molecule has 18 amide bonds. The number of carbonyl (C=O) groups is 19. The molecule has 16 atom stereocenters. The van der Waals surface area contributed by atoms with Crippen LogP contribution < -0.4 is 74.9 Å². The number of benzene rings is 3. The molecule has 5 aliphatic heterocycles. The van der Waals surface area contributed by atoms with E-state index in [4.69, 9.17) is 5.73 Å². The summed E-state index contributed by atoms with van der Waals surface area (Å²) in [6.45, 7) is 4.37. The van der Waals surface area contributed by atoms with E-state index in [1.165, 1.54) is 33.4 Å². The van der Waals surface area contributed by atoms with Gasteiger partial charge in [-0.2, -0.15) is 0 Å². The summed E-state index contributed by atoms with van der Waals surface area (Å²) in [5.74, 6) is -16.5. The molecule has 8 heterocycles. The van der Waals surface area contributed by atoms with E-state index in [1.807, 2.05) is 12.1 Å². The summed E-state index contributed by atoms with van der Waals surface area (Å²) in [5, 5.41) is 85.6. The molecular formula is C94H128N22O24. The van der Waals surface area contributed by atoms with Crippen molar-refractivity contribution in [2.45, 2.75) is 235 Å². The molecular weight excluding hydrogens is 1820 g/mol. The summed E-state index contributed by atoms with van der Waals surface area (Å²) < 4.78 is 0. The van der Waals surface area contributed by atoms with E-state index in [1.54, 1.807) is 107 Å². The molecule has 6 aromatic rings. The zero-order chi connectivity index (χ0) is 101. The first-order chi connectivity index (χ1) is 66.9. The number of hydrogen-bond acceptors (Lipinski definition) is 24. The number of likely N-dealkylation sites (tertiary alicyclic amines) is 5. The highest BCUT2D eigenvalue weighted by Crippen LogP contribution is 2.32. The van der Waals surface area contributed by atoms with Crippen LogP contribution >= 0.6 is 0 Å². The van der Waals surface area contributed by atoms with Crippen molar-refractivity contribution in [3.8, 4) is 0 Å². The van der Waals surface area contributed by atoms with E-state index in [-0.39, 0.29) is 122 Å². The number of aromatic amines is 3. The standard InChI is InChI=1S/C94H128N22O24/c1-49(2)34-63(82(128)102-45-78(124)125)105-84(130)65(36-53-39-96-60-21-10-7-18-56(53)60)106-85(131)66(37-54-40-97-61-22-11-8-19-57(54)61)107-86(132)68(47-118)109-80(126)51(5)103-76(122)43-99-75(121)42-101-87(133)70-24-13-30-113(70)92(138)74-28-17-33-116(74)93(139)73-27-16-32-115(73)90(136)67(38-55-41-98-62-23-12-9-20-58(55)62)108-88(134)71-25-15-31-114(71)94(140)79(52(6)120)111-89(135)72-26-14-29-112(72)91(137)69(48-119)110-83(129)64(35-50(3)4)104-77(123)44-100-81(127)59(95)46-117/h7-12,18-23,39-41,49-52,59,63-74,79,96-98,117-120H,13-17,24-38,42-48,95H2,1-6H3,(H,99,121)(H,100,127)(H,101,133)(H,102,128)(H,103,122)(H,104,123)(H,105,130)(H,106,131)(H,107,132)(H,108,134)(H,109,126)(H,110,129)(H,111,135)(H,124,125)/t51-,52+,59-,63-,64-,65-,66-,67-,68-,69-,70-,71-,72-,73-,74-,79-/m0/s1. The van der Waals surface area contributed by atoms with E-state index in [0.717, 1.165) is 10.3 Å². The average Bonchev–Trinajstić information content (AvgIpc) is 1.62. The number of para-hydroxylation sites is 3. The topological polar surface area (TPSA) is 671 Å². The number of aromatic nitrogens is 3. The molecule has 140 heavy (non-hydrogen) atoms. The Bertz CT molecular complexity index is 5540. The van der Waals surface area contributed by atoms with E-state index in [0.29, 0.717) is 63.3 Å². The second-order valence-corrected chi connectivity index (χ2v) is 36.9. The molecule has 758 valence electrons. The molecule has 5 saturated heterocycles. The molecule has 0 radical (unpaired) electrons. The summed E-state index contributed by atoms with van der Waals surface area (Å²) in [5.41, 5.74) is 9.34. The Morgan fingerprint density at radius 3 is 1.20 bits per heavy atom. The van der Waals surface area contributed by atoms with Crippen LogP contribution in [-0.2, 0) is 110 Å². The Kier molecular flexibility index (Phi) is 37.7. The summed E-state index contributed by atoms with van der Waals surface area (Å²) in [4.78, 5) is 281. The minimum Gasteiger partial charge on any atom is -0.480 e. The average molecular weight is 1950 g/mol. The van der Waals surface area contributed by atoms with Crippen molar-refractivity contribution < 1.29 is 117 Å². The van der Waals surface area contributed by atoms with Gasteiger partial charge < -0.3 is 140 Å². The fourth-order valence-corrected chi connectivity index (χ4v) is 18.5. The van der Waals surface area contributed by atoms with Crippen LogP contribution in [0.2, 0.25) is 0 Å². The number of amides is 18. The molecule has 0 unspecified atom stereocenters. The number of nitrogens with two attached hydrogens (primary N) is 1. The maximum absolute atomic E-state index is 15.4. The van der Waals surface area contributed by atoms with E-state index < -0.39 is 255 Å². The monoisotopic (exact) mass is 1950 g/mol. The minimum atomic E-state index is -1.76. The Balaban J connectivity index is 0.674.